The quantitative estimate of drug-likeness (QED) is 0.544. The Morgan fingerprint density at radius 3 is 2.64 bits per heavy atom. The van der Waals surface area contributed by atoms with Crippen LogP contribution in [-0.2, 0) is 4.79 Å². The topological polar surface area (TPSA) is 49.3 Å². The number of carbonyl (C=O) groups is 1. The van der Waals surface area contributed by atoms with Crippen LogP contribution in [0.2, 0.25) is 0 Å². The van der Waals surface area contributed by atoms with Crippen LogP contribution in [0, 0.1) is 5.92 Å². The molecular formula is C8H17NO2. The normalized spacial score (nSPS) is 15.9. The second kappa shape index (κ2) is 6.31. The Labute approximate surface area is 67.8 Å². The first kappa shape index (κ1) is 10.6. The lowest BCUT2D eigenvalue weighted by molar-refractivity contribution is -0.107. The van der Waals surface area contributed by atoms with Gasteiger partial charge in [0.15, 0.2) is 0 Å². The fourth-order valence-electron chi connectivity index (χ4n) is 0.889. The lowest BCUT2D eigenvalue weighted by Crippen LogP contribution is -2.33. The molecular weight excluding hydrogens is 142 g/mol. The van der Waals surface area contributed by atoms with Gasteiger partial charge in [0.2, 0.25) is 0 Å². The summed E-state index contributed by atoms with van der Waals surface area (Å²) in [6.45, 7) is 4.69. The van der Waals surface area contributed by atoms with Crippen LogP contribution in [0.25, 0.3) is 0 Å². The second-order valence-electron chi connectivity index (χ2n) is 2.85. The van der Waals surface area contributed by atoms with Gasteiger partial charge in [0.25, 0.3) is 0 Å². The standard InChI is InChI=1S/C8H17NO2/c1-7(3-5-10)8(2)9-4-6-11/h6-10H,3-5H2,1-2H3. The van der Waals surface area contributed by atoms with Crippen molar-refractivity contribution in [3.8, 4) is 0 Å². The van der Waals surface area contributed by atoms with Crippen molar-refractivity contribution in [1.82, 2.24) is 5.32 Å². The highest BCUT2D eigenvalue weighted by Gasteiger charge is 2.09. The molecule has 0 aliphatic heterocycles. The van der Waals surface area contributed by atoms with Gasteiger partial charge in [-0.05, 0) is 19.3 Å². The number of aldehydes is 1. The molecule has 0 aromatic carbocycles. The van der Waals surface area contributed by atoms with Crippen molar-refractivity contribution in [1.29, 1.82) is 0 Å². The zero-order chi connectivity index (χ0) is 8.69. The van der Waals surface area contributed by atoms with Crippen LogP contribution in [-0.4, -0.2) is 30.6 Å². The van der Waals surface area contributed by atoms with Crippen LogP contribution < -0.4 is 5.32 Å². The molecule has 2 atom stereocenters. The molecule has 0 rings (SSSR count). The van der Waals surface area contributed by atoms with Crippen molar-refractivity contribution >= 4 is 6.29 Å². The molecule has 0 fully saturated rings. The van der Waals surface area contributed by atoms with Crippen LogP contribution >= 0.6 is 0 Å². The number of nitrogens with one attached hydrogen (secondary N) is 1. The zero-order valence-corrected chi connectivity index (χ0v) is 7.21. The number of hydrogen-bond acceptors (Lipinski definition) is 3. The molecule has 0 aliphatic rings. The Kier molecular flexibility index (Phi) is 6.07. The van der Waals surface area contributed by atoms with Crippen LogP contribution in [0.4, 0.5) is 0 Å². The molecule has 3 nitrogen and oxygen atoms in total. The maximum atomic E-state index is 9.98. The molecule has 0 bridgehead atoms. The summed E-state index contributed by atoms with van der Waals surface area (Å²) in [6, 6.07) is 0.298. The SMILES string of the molecule is CC(CCO)C(C)NCC=O. The maximum Gasteiger partial charge on any atom is 0.133 e. The first-order valence-electron chi connectivity index (χ1n) is 4.00. The second-order valence-corrected chi connectivity index (χ2v) is 2.85. The number of aliphatic hydroxyl groups excluding tert-OH is 1. The van der Waals surface area contributed by atoms with Gasteiger partial charge in [0, 0.05) is 12.6 Å². The average molecular weight is 159 g/mol. The highest BCUT2D eigenvalue weighted by Crippen LogP contribution is 2.05. The Morgan fingerprint density at radius 1 is 1.55 bits per heavy atom. The van der Waals surface area contributed by atoms with E-state index in [0.717, 1.165) is 12.7 Å². The predicted octanol–water partition coefficient (Wildman–Crippen LogP) is 0.182. The molecule has 66 valence electrons. The van der Waals surface area contributed by atoms with Gasteiger partial charge >= 0.3 is 0 Å². The van der Waals surface area contributed by atoms with E-state index in [2.05, 4.69) is 12.2 Å². The lowest BCUT2D eigenvalue weighted by Gasteiger charge is -2.18. The number of carbonyl (C=O) groups excluding carboxylic acids is 1. The van der Waals surface area contributed by atoms with E-state index in [-0.39, 0.29) is 6.61 Å². The summed E-state index contributed by atoms with van der Waals surface area (Å²) in [6.07, 6.45) is 1.63. The average Bonchev–Trinajstić information content (AvgIpc) is 2.00. The molecule has 0 aliphatic carbocycles. The van der Waals surface area contributed by atoms with E-state index in [4.69, 9.17) is 5.11 Å². The predicted molar refractivity (Wildman–Crippen MR) is 44.4 cm³/mol. The third-order valence-corrected chi connectivity index (χ3v) is 1.96. The number of hydrogen-bond donors (Lipinski definition) is 2. The largest absolute Gasteiger partial charge is 0.396 e. The van der Waals surface area contributed by atoms with E-state index in [1.807, 2.05) is 6.92 Å². The summed E-state index contributed by atoms with van der Waals surface area (Å²) >= 11 is 0. The molecule has 3 heteroatoms. The van der Waals surface area contributed by atoms with Crippen LogP contribution in [0.5, 0.6) is 0 Å². The lowest BCUT2D eigenvalue weighted by atomic mass is 10.0. The van der Waals surface area contributed by atoms with Gasteiger partial charge in [-0.2, -0.15) is 0 Å². The molecule has 0 saturated carbocycles. The molecule has 11 heavy (non-hydrogen) atoms. The van der Waals surface area contributed by atoms with Gasteiger partial charge in [0.1, 0.15) is 6.29 Å². The smallest absolute Gasteiger partial charge is 0.133 e. The summed E-state index contributed by atoms with van der Waals surface area (Å²) in [5.41, 5.74) is 0. The zero-order valence-electron chi connectivity index (χ0n) is 7.21. The molecule has 2 unspecified atom stereocenters. The first-order chi connectivity index (χ1) is 5.22. The van der Waals surface area contributed by atoms with E-state index < -0.39 is 0 Å². The van der Waals surface area contributed by atoms with E-state index in [1.165, 1.54) is 0 Å². The van der Waals surface area contributed by atoms with Crippen molar-refractivity contribution < 1.29 is 9.90 Å². The fraction of sp³-hybridized carbons (Fsp3) is 0.875. The Morgan fingerprint density at radius 2 is 2.18 bits per heavy atom. The minimum Gasteiger partial charge on any atom is -0.396 e. The molecule has 2 N–H and O–H groups in total. The Hall–Kier alpha value is -0.410. The van der Waals surface area contributed by atoms with Crippen molar-refractivity contribution in [2.45, 2.75) is 26.3 Å². The highest BCUT2D eigenvalue weighted by atomic mass is 16.3. The molecule has 0 saturated heterocycles. The minimum absolute atomic E-state index is 0.217. The van der Waals surface area contributed by atoms with E-state index in [1.54, 1.807) is 0 Å². The minimum atomic E-state index is 0.217. The molecule has 0 aromatic heterocycles. The van der Waals surface area contributed by atoms with Crippen molar-refractivity contribution in [2.24, 2.45) is 5.92 Å². The van der Waals surface area contributed by atoms with Gasteiger partial charge in [-0.15, -0.1) is 0 Å². The fourth-order valence-corrected chi connectivity index (χ4v) is 0.889. The third-order valence-electron chi connectivity index (χ3n) is 1.96. The first-order valence-corrected chi connectivity index (χ1v) is 4.00. The van der Waals surface area contributed by atoms with Crippen molar-refractivity contribution in [2.75, 3.05) is 13.2 Å². The summed E-state index contributed by atoms with van der Waals surface area (Å²) in [4.78, 5) is 9.98. The van der Waals surface area contributed by atoms with Crippen molar-refractivity contribution in [3.63, 3.8) is 0 Å². The van der Waals surface area contributed by atoms with E-state index in [0.29, 0.717) is 18.5 Å². The summed E-state index contributed by atoms with van der Waals surface area (Å²) < 4.78 is 0. The summed E-state index contributed by atoms with van der Waals surface area (Å²) in [7, 11) is 0. The van der Waals surface area contributed by atoms with Gasteiger partial charge in [-0.1, -0.05) is 6.92 Å². The van der Waals surface area contributed by atoms with Gasteiger partial charge < -0.3 is 15.2 Å². The van der Waals surface area contributed by atoms with Gasteiger partial charge in [-0.25, -0.2) is 0 Å². The van der Waals surface area contributed by atoms with Crippen molar-refractivity contribution in [3.05, 3.63) is 0 Å². The van der Waals surface area contributed by atoms with Gasteiger partial charge in [0.05, 0.1) is 6.54 Å². The Bertz CT molecular complexity index is 106. The summed E-state index contributed by atoms with van der Waals surface area (Å²) in [5, 5.41) is 11.7. The molecule has 0 spiro atoms. The Balaban J connectivity index is 3.45. The summed E-state index contributed by atoms with van der Waals surface area (Å²) in [5.74, 6) is 0.417. The van der Waals surface area contributed by atoms with Gasteiger partial charge in [-0.3, -0.25) is 0 Å². The monoisotopic (exact) mass is 159 g/mol. The van der Waals surface area contributed by atoms with Crippen LogP contribution in [0.1, 0.15) is 20.3 Å². The highest BCUT2D eigenvalue weighted by molar-refractivity contribution is 5.51. The number of aliphatic hydroxyl groups is 1. The number of rotatable bonds is 6. The molecule has 0 aromatic rings. The van der Waals surface area contributed by atoms with Crippen LogP contribution in [0.3, 0.4) is 0 Å². The third kappa shape index (κ3) is 4.93. The molecule has 0 radical (unpaired) electrons. The molecule has 0 heterocycles. The van der Waals surface area contributed by atoms with E-state index in [9.17, 15) is 4.79 Å². The van der Waals surface area contributed by atoms with E-state index >= 15 is 0 Å². The maximum absolute atomic E-state index is 9.98. The molecule has 0 amide bonds. The van der Waals surface area contributed by atoms with Crippen LogP contribution in [0.15, 0.2) is 0 Å².